The van der Waals surface area contributed by atoms with Crippen molar-refractivity contribution in [2.45, 2.75) is 25.3 Å². The second kappa shape index (κ2) is 5.27. The molecule has 4 unspecified atom stereocenters. The van der Waals surface area contributed by atoms with Crippen molar-refractivity contribution in [1.82, 2.24) is 10.3 Å². The smallest absolute Gasteiger partial charge is 0.0704 e. The Balaban J connectivity index is 1.56. The van der Waals surface area contributed by atoms with Crippen LogP contribution in [0.4, 0.5) is 0 Å². The summed E-state index contributed by atoms with van der Waals surface area (Å²) in [5.41, 5.74) is 2.53. The molecule has 1 saturated carbocycles. The Kier molecular flexibility index (Phi) is 3.27. The molecule has 2 nitrogen and oxygen atoms in total. The van der Waals surface area contributed by atoms with Gasteiger partial charge in [0.1, 0.15) is 0 Å². The molecule has 0 bridgehead atoms. The van der Waals surface area contributed by atoms with Crippen LogP contribution in [0.2, 0.25) is 0 Å². The normalized spacial score (nSPS) is 31.4. The van der Waals surface area contributed by atoms with Crippen LogP contribution in [0, 0.1) is 17.8 Å². The van der Waals surface area contributed by atoms with E-state index in [0.29, 0.717) is 6.04 Å². The Labute approximate surface area is 126 Å². The third-order valence-corrected chi connectivity index (χ3v) is 5.34. The number of pyridine rings is 1. The first-order valence-electron chi connectivity index (χ1n) is 8.05. The predicted octanol–water partition coefficient (Wildman–Crippen LogP) is 3.58. The van der Waals surface area contributed by atoms with Crippen LogP contribution in [0.5, 0.6) is 0 Å². The summed E-state index contributed by atoms with van der Waals surface area (Å²) in [6, 6.07) is 11.2. The Hall–Kier alpha value is -1.67. The second-order valence-electron chi connectivity index (χ2n) is 6.51. The van der Waals surface area contributed by atoms with E-state index in [1.165, 1.54) is 23.8 Å². The summed E-state index contributed by atoms with van der Waals surface area (Å²) in [5.74, 6) is 2.55. The zero-order valence-electron chi connectivity index (χ0n) is 12.3. The van der Waals surface area contributed by atoms with Crippen LogP contribution in [0.25, 0.3) is 10.9 Å². The van der Waals surface area contributed by atoms with Gasteiger partial charge in [0.05, 0.1) is 5.52 Å². The number of aromatic nitrogens is 1. The maximum Gasteiger partial charge on any atom is 0.0704 e. The van der Waals surface area contributed by atoms with Gasteiger partial charge in [-0.25, -0.2) is 0 Å². The Morgan fingerprint density at radius 2 is 2.14 bits per heavy atom. The monoisotopic (exact) mass is 278 g/mol. The van der Waals surface area contributed by atoms with Crippen LogP contribution in [-0.4, -0.2) is 17.6 Å². The number of benzene rings is 1. The van der Waals surface area contributed by atoms with E-state index in [2.05, 4.69) is 53.3 Å². The maximum absolute atomic E-state index is 4.47. The third-order valence-electron chi connectivity index (χ3n) is 5.34. The van der Waals surface area contributed by atoms with E-state index < -0.39 is 0 Å². The molecule has 1 aliphatic carbocycles. The summed E-state index contributed by atoms with van der Waals surface area (Å²) in [5, 5.41) is 5.05. The molecular weight excluding hydrogens is 256 g/mol. The van der Waals surface area contributed by atoms with Gasteiger partial charge in [-0.1, -0.05) is 24.3 Å². The lowest BCUT2D eigenvalue weighted by atomic mass is 9.98. The van der Waals surface area contributed by atoms with Gasteiger partial charge >= 0.3 is 0 Å². The van der Waals surface area contributed by atoms with Crippen molar-refractivity contribution in [2.75, 3.05) is 6.54 Å². The topological polar surface area (TPSA) is 24.9 Å². The Morgan fingerprint density at radius 3 is 3.05 bits per heavy atom. The molecule has 4 rings (SSSR count). The number of hydrogen-bond donors (Lipinski definition) is 1. The lowest BCUT2D eigenvalue weighted by molar-refractivity contribution is 0.470. The van der Waals surface area contributed by atoms with Crippen LogP contribution in [-0.2, 0) is 6.42 Å². The molecule has 2 fully saturated rings. The molecule has 108 valence electrons. The molecule has 2 aliphatic rings. The molecule has 21 heavy (non-hydrogen) atoms. The summed E-state index contributed by atoms with van der Waals surface area (Å²) in [7, 11) is 0. The molecule has 0 amide bonds. The predicted molar refractivity (Wildman–Crippen MR) is 87.1 cm³/mol. The van der Waals surface area contributed by atoms with Gasteiger partial charge < -0.3 is 5.32 Å². The van der Waals surface area contributed by atoms with E-state index in [0.717, 1.165) is 36.2 Å². The quantitative estimate of drug-likeness (QED) is 0.868. The van der Waals surface area contributed by atoms with Gasteiger partial charge in [0.2, 0.25) is 0 Å². The molecule has 1 saturated heterocycles. The fourth-order valence-corrected chi connectivity index (χ4v) is 4.18. The molecule has 4 atom stereocenters. The van der Waals surface area contributed by atoms with Gasteiger partial charge in [-0.15, -0.1) is 6.58 Å². The standard InChI is InChI=1S/C19H22N2/c1-2-15-17-8-10-20-14(12-18(15)17)11-13-7-9-21-19-6-4-3-5-16(13)19/h2-7,9,14-15,17-18,20H,1,8,10-12H2. The summed E-state index contributed by atoms with van der Waals surface area (Å²) in [4.78, 5) is 4.47. The highest BCUT2D eigenvalue weighted by atomic mass is 14.9. The number of para-hydroxylation sites is 1. The molecule has 1 aromatic heterocycles. The Bertz CT molecular complexity index is 658. The van der Waals surface area contributed by atoms with Crippen molar-refractivity contribution in [2.24, 2.45) is 17.8 Å². The SMILES string of the molecule is C=CC1C2CCNC(Cc3ccnc4ccccc34)CC12. The minimum atomic E-state index is 0.593. The van der Waals surface area contributed by atoms with Gasteiger partial charge in [-0.3, -0.25) is 4.98 Å². The van der Waals surface area contributed by atoms with Gasteiger partial charge in [-0.2, -0.15) is 0 Å². The van der Waals surface area contributed by atoms with Crippen molar-refractivity contribution < 1.29 is 0 Å². The van der Waals surface area contributed by atoms with E-state index in [1.54, 1.807) is 0 Å². The largest absolute Gasteiger partial charge is 0.314 e. The van der Waals surface area contributed by atoms with Crippen molar-refractivity contribution in [3.8, 4) is 0 Å². The molecular formula is C19H22N2. The first-order valence-corrected chi connectivity index (χ1v) is 8.05. The highest BCUT2D eigenvalue weighted by Crippen LogP contribution is 2.53. The number of allylic oxidation sites excluding steroid dienone is 1. The number of fused-ring (bicyclic) bond motifs is 2. The van der Waals surface area contributed by atoms with Crippen molar-refractivity contribution in [3.05, 3.63) is 54.7 Å². The van der Waals surface area contributed by atoms with Crippen LogP contribution in [0.1, 0.15) is 18.4 Å². The highest BCUT2D eigenvalue weighted by molar-refractivity contribution is 5.81. The lowest BCUT2D eigenvalue weighted by Gasteiger charge is -2.18. The van der Waals surface area contributed by atoms with E-state index in [9.17, 15) is 0 Å². The molecule has 0 spiro atoms. The second-order valence-corrected chi connectivity index (χ2v) is 6.51. The van der Waals surface area contributed by atoms with Crippen LogP contribution < -0.4 is 5.32 Å². The summed E-state index contributed by atoms with van der Waals surface area (Å²) < 4.78 is 0. The van der Waals surface area contributed by atoms with Crippen LogP contribution in [0.15, 0.2) is 49.2 Å². The highest BCUT2D eigenvalue weighted by Gasteiger charge is 2.49. The third kappa shape index (κ3) is 2.38. The van der Waals surface area contributed by atoms with Crippen molar-refractivity contribution >= 4 is 10.9 Å². The number of rotatable bonds is 3. The van der Waals surface area contributed by atoms with Gasteiger partial charge in [0.15, 0.2) is 0 Å². The molecule has 0 radical (unpaired) electrons. The summed E-state index contributed by atoms with van der Waals surface area (Å²) in [6.07, 6.45) is 7.84. The average molecular weight is 278 g/mol. The number of nitrogens with one attached hydrogen (secondary N) is 1. The van der Waals surface area contributed by atoms with E-state index in [1.807, 2.05) is 6.20 Å². The minimum Gasteiger partial charge on any atom is -0.314 e. The first kappa shape index (κ1) is 13.0. The van der Waals surface area contributed by atoms with Crippen molar-refractivity contribution in [3.63, 3.8) is 0 Å². The van der Waals surface area contributed by atoms with Gasteiger partial charge in [0, 0.05) is 17.6 Å². The molecule has 1 aliphatic heterocycles. The first-order chi connectivity index (χ1) is 10.4. The zero-order valence-corrected chi connectivity index (χ0v) is 12.3. The summed E-state index contributed by atoms with van der Waals surface area (Å²) >= 11 is 0. The van der Waals surface area contributed by atoms with E-state index in [-0.39, 0.29) is 0 Å². The molecule has 2 aromatic rings. The lowest BCUT2D eigenvalue weighted by Crippen LogP contribution is -2.31. The molecule has 1 N–H and O–H groups in total. The van der Waals surface area contributed by atoms with Gasteiger partial charge in [-0.05, 0) is 61.3 Å². The van der Waals surface area contributed by atoms with Crippen molar-refractivity contribution in [1.29, 1.82) is 0 Å². The zero-order chi connectivity index (χ0) is 14.2. The minimum absolute atomic E-state index is 0.593. The number of nitrogens with zero attached hydrogens (tertiary/aromatic N) is 1. The van der Waals surface area contributed by atoms with E-state index in [4.69, 9.17) is 0 Å². The fourth-order valence-electron chi connectivity index (χ4n) is 4.18. The Morgan fingerprint density at radius 1 is 1.24 bits per heavy atom. The number of hydrogen-bond acceptors (Lipinski definition) is 2. The molecule has 2 heteroatoms. The summed E-state index contributed by atoms with van der Waals surface area (Å²) in [6.45, 7) is 5.15. The van der Waals surface area contributed by atoms with Crippen LogP contribution >= 0.6 is 0 Å². The fraction of sp³-hybridized carbons (Fsp3) is 0.421. The molecule has 2 heterocycles. The maximum atomic E-state index is 4.47. The molecule has 1 aromatic carbocycles. The average Bonchev–Trinajstić information content (AvgIpc) is 3.21. The van der Waals surface area contributed by atoms with Gasteiger partial charge in [0.25, 0.3) is 0 Å². The van der Waals surface area contributed by atoms with Crippen LogP contribution in [0.3, 0.4) is 0 Å². The van der Waals surface area contributed by atoms with E-state index >= 15 is 0 Å².